The summed E-state index contributed by atoms with van der Waals surface area (Å²) >= 11 is 0. The fourth-order valence-electron chi connectivity index (χ4n) is 3.90. The standard InChI is InChI=1S/C23H44O3/c1-3-5-7-8-9-10-11-12-13-15-17-21(25)23-19-18-22(26-23)20(24)16-14-6-4-2/h4,6,20-25H,3,5,7-19H2,1-2H3/b6-4+/t20-,21-,22-,23-/m1/s1. The molecule has 1 aliphatic heterocycles. The van der Waals surface area contributed by atoms with Gasteiger partial charge in [0.1, 0.15) is 0 Å². The Labute approximate surface area is 162 Å². The zero-order chi connectivity index (χ0) is 19.0. The highest BCUT2D eigenvalue weighted by molar-refractivity contribution is 4.85. The summed E-state index contributed by atoms with van der Waals surface area (Å²) in [6.07, 6.45) is 20.6. The van der Waals surface area contributed by atoms with E-state index in [1.165, 1.54) is 57.8 Å². The Morgan fingerprint density at radius 3 is 1.85 bits per heavy atom. The molecule has 26 heavy (non-hydrogen) atoms. The third-order valence-electron chi connectivity index (χ3n) is 5.66. The Bertz CT molecular complexity index is 342. The van der Waals surface area contributed by atoms with Gasteiger partial charge in [-0.2, -0.15) is 0 Å². The fourth-order valence-corrected chi connectivity index (χ4v) is 3.90. The van der Waals surface area contributed by atoms with E-state index in [2.05, 4.69) is 13.0 Å². The predicted molar refractivity (Wildman–Crippen MR) is 110 cm³/mol. The monoisotopic (exact) mass is 368 g/mol. The van der Waals surface area contributed by atoms with E-state index in [0.717, 1.165) is 38.5 Å². The van der Waals surface area contributed by atoms with Gasteiger partial charge in [0.25, 0.3) is 0 Å². The van der Waals surface area contributed by atoms with E-state index in [-0.39, 0.29) is 18.3 Å². The molecule has 154 valence electrons. The number of aliphatic hydroxyl groups excluding tert-OH is 2. The van der Waals surface area contributed by atoms with Gasteiger partial charge in [-0.3, -0.25) is 0 Å². The first-order valence-electron chi connectivity index (χ1n) is 11.3. The van der Waals surface area contributed by atoms with E-state index >= 15 is 0 Å². The van der Waals surface area contributed by atoms with Crippen molar-refractivity contribution in [3.05, 3.63) is 12.2 Å². The van der Waals surface area contributed by atoms with E-state index in [9.17, 15) is 10.2 Å². The van der Waals surface area contributed by atoms with Gasteiger partial charge in [0.2, 0.25) is 0 Å². The van der Waals surface area contributed by atoms with Gasteiger partial charge in [0.15, 0.2) is 0 Å². The van der Waals surface area contributed by atoms with Gasteiger partial charge in [0.05, 0.1) is 24.4 Å². The molecule has 0 aromatic heterocycles. The molecular weight excluding hydrogens is 324 g/mol. The lowest BCUT2D eigenvalue weighted by Gasteiger charge is -2.22. The van der Waals surface area contributed by atoms with E-state index < -0.39 is 6.10 Å². The van der Waals surface area contributed by atoms with Crippen LogP contribution in [0.4, 0.5) is 0 Å². The minimum Gasteiger partial charge on any atom is -0.390 e. The molecule has 0 radical (unpaired) electrons. The Hall–Kier alpha value is -0.380. The second-order valence-electron chi connectivity index (χ2n) is 8.04. The number of allylic oxidation sites excluding steroid dienone is 2. The number of hydrogen-bond acceptors (Lipinski definition) is 3. The number of unbranched alkanes of at least 4 members (excludes halogenated alkanes) is 9. The molecule has 0 aromatic rings. The molecule has 0 saturated carbocycles. The summed E-state index contributed by atoms with van der Waals surface area (Å²) in [6, 6.07) is 0. The molecule has 1 rings (SSSR count). The van der Waals surface area contributed by atoms with Crippen LogP contribution in [0.25, 0.3) is 0 Å². The van der Waals surface area contributed by atoms with Crippen molar-refractivity contribution in [1.29, 1.82) is 0 Å². The molecule has 0 spiro atoms. The second-order valence-corrected chi connectivity index (χ2v) is 8.04. The Kier molecular flexibility index (Phi) is 14.2. The molecule has 0 unspecified atom stereocenters. The van der Waals surface area contributed by atoms with Crippen molar-refractivity contribution in [2.75, 3.05) is 0 Å². The zero-order valence-electron chi connectivity index (χ0n) is 17.4. The minimum atomic E-state index is -0.402. The lowest BCUT2D eigenvalue weighted by molar-refractivity contribution is -0.0779. The maximum absolute atomic E-state index is 10.4. The first kappa shape index (κ1) is 23.7. The molecule has 3 nitrogen and oxygen atoms in total. The van der Waals surface area contributed by atoms with Crippen LogP contribution >= 0.6 is 0 Å². The van der Waals surface area contributed by atoms with Crippen LogP contribution in [0, 0.1) is 0 Å². The van der Waals surface area contributed by atoms with Gasteiger partial charge in [-0.05, 0) is 39.0 Å². The summed E-state index contributed by atoms with van der Waals surface area (Å²) in [5.74, 6) is 0. The molecule has 0 amide bonds. The minimum absolute atomic E-state index is 0.0741. The molecule has 4 atom stereocenters. The van der Waals surface area contributed by atoms with Crippen molar-refractivity contribution in [2.24, 2.45) is 0 Å². The molecule has 0 aromatic carbocycles. The average molecular weight is 369 g/mol. The number of aliphatic hydroxyl groups is 2. The van der Waals surface area contributed by atoms with Crippen LogP contribution in [0.1, 0.15) is 110 Å². The Morgan fingerprint density at radius 1 is 0.808 bits per heavy atom. The highest BCUT2D eigenvalue weighted by atomic mass is 16.5. The molecule has 0 aliphatic carbocycles. The Balaban J connectivity index is 2.00. The molecule has 1 heterocycles. The Morgan fingerprint density at radius 2 is 1.31 bits per heavy atom. The maximum atomic E-state index is 10.4. The highest BCUT2D eigenvalue weighted by Gasteiger charge is 2.33. The molecule has 1 saturated heterocycles. The SMILES string of the molecule is C/C=C/CC[C@@H](O)[C@H]1CC[C@H]([C@H](O)CCCCCCCCCCCC)O1. The van der Waals surface area contributed by atoms with Crippen LogP contribution in [0.15, 0.2) is 12.2 Å². The van der Waals surface area contributed by atoms with Gasteiger partial charge in [-0.25, -0.2) is 0 Å². The van der Waals surface area contributed by atoms with E-state index in [0.29, 0.717) is 0 Å². The topological polar surface area (TPSA) is 49.7 Å². The van der Waals surface area contributed by atoms with Crippen molar-refractivity contribution in [2.45, 2.75) is 135 Å². The average Bonchev–Trinajstić information content (AvgIpc) is 3.13. The van der Waals surface area contributed by atoms with Gasteiger partial charge < -0.3 is 14.9 Å². The molecule has 1 aliphatic rings. The first-order valence-corrected chi connectivity index (χ1v) is 11.3. The smallest absolute Gasteiger partial charge is 0.0840 e. The highest BCUT2D eigenvalue weighted by Crippen LogP contribution is 2.28. The number of hydrogen-bond donors (Lipinski definition) is 2. The third kappa shape index (κ3) is 10.7. The largest absolute Gasteiger partial charge is 0.390 e. The normalized spacial score (nSPS) is 22.9. The summed E-state index contributed by atoms with van der Waals surface area (Å²) < 4.78 is 5.93. The van der Waals surface area contributed by atoms with Crippen LogP contribution in [-0.4, -0.2) is 34.6 Å². The maximum Gasteiger partial charge on any atom is 0.0840 e. The van der Waals surface area contributed by atoms with E-state index in [1.807, 2.05) is 13.0 Å². The van der Waals surface area contributed by atoms with Crippen LogP contribution in [0.5, 0.6) is 0 Å². The summed E-state index contributed by atoms with van der Waals surface area (Å²) in [5, 5.41) is 20.6. The third-order valence-corrected chi connectivity index (χ3v) is 5.66. The molecule has 1 fully saturated rings. The predicted octanol–water partition coefficient (Wildman–Crippen LogP) is 5.92. The van der Waals surface area contributed by atoms with Crippen LogP contribution in [-0.2, 0) is 4.74 Å². The summed E-state index contributed by atoms with van der Waals surface area (Å²) in [7, 11) is 0. The first-order chi connectivity index (χ1) is 12.7. The zero-order valence-corrected chi connectivity index (χ0v) is 17.4. The van der Waals surface area contributed by atoms with Gasteiger partial charge in [0, 0.05) is 0 Å². The molecule has 3 heteroatoms. The fraction of sp³-hybridized carbons (Fsp3) is 0.913. The van der Waals surface area contributed by atoms with E-state index in [1.54, 1.807) is 0 Å². The molecule has 0 bridgehead atoms. The summed E-state index contributed by atoms with van der Waals surface area (Å²) in [5.41, 5.74) is 0. The second kappa shape index (κ2) is 15.7. The quantitative estimate of drug-likeness (QED) is 0.262. The molecular formula is C23H44O3. The van der Waals surface area contributed by atoms with Crippen LogP contribution in [0.3, 0.4) is 0 Å². The van der Waals surface area contributed by atoms with Crippen LogP contribution < -0.4 is 0 Å². The summed E-state index contributed by atoms with van der Waals surface area (Å²) in [4.78, 5) is 0. The molecule has 2 N–H and O–H groups in total. The van der Waals surface area contributed by atoms with Gasteiger partial charge in [-0.15, -0.1) is 0 Å². The van der Waals surface area contributed by atoms with Crippen molar-refractivity contribution >= 4 is 0 Å². The van der Waals surface area contributed by atoms with Crippen LogP contribution in [0.2, 0.25) is 0 Å². The number of ether oxygens (including phenoxy) is 1. The lowest BCUT2D eigenvalue weighted by atomic mass is 10.0. The lowest BCUT2D eigenvalue weighted by Crippen LogP contribution is -2.30. The summed E-state index contributed by atoms with van der Waals surface area (Å²) in [6.45, 7) is 4.26. The van der Waals surface area contributed by atoms with Gasteiger partial charge >= 0.3 is 0 Å². The van der Waals surface area contributed by atoms with E-state index in [4.69, 9.17) is 4.74 Å². The van der Waals surface area contributed by atoms with Crippen molar-refractivity contribution in [3.63, 3.8) is 0 Å². The number of rotatable bonds is 16. The van der Waals surface area contributed by atoms with Crippen molar-refractivity contribution in [3.8, 4) is 0 Å². The van der Waals surface area contributed by atoms with Crippen molar-refractivity contribution < 1.29 is 14.9 Å². The van der Waals surface area contributed by atoms with Crippen molar-refractivity contribution in [1.82, 2.24) is 0 Å². The van der Waals surface area contributed by atoms with Gasteiger partial charge in [-0.1, -0.05) is 83.3 Å².